The maximum atomic E-state index is 13.5. The summed E-state index contributed by atoms with van der Waals surface area (Å²) in [5.74, 6) is 1.25. The summed E-state index contributed by atoms with van der Waals surface area (Å²) in [5, 5.41) is 10.8. The predicted octanol–water partition coefficient (Wildman–Crippen LogP) is 0.370. The zero-order valence-electron chi connectivity index (χ0n) is 20.3. The Morgan fingerprint density at radius 2 is 2.03 bits per heavy atom. The second-order valence-electron chi connectivity index (χ2n) is 8.33. The number of carbonyl (C=O) groups excluding carboxylic acids is 1. The normalized spacial score (nSPS) is 25.7. The monoisotopic (exact) mass is 537 g/mol. The first-order chi connectivity index (χ1) is 17.4. The summed E-state index contributed by atoms with van der Waals surface area (Å²) >= 11 is 0. The van der Waals surface area contributed by atoms with Crippen LogP contribution >= 0.6 is 7.82 Å². The van der Waals surface area contributed by atoms with E-state index in [2.05, 4.69) is 15.9 Å². The average Bonchev–Trinajstić information content (AvgIpc) is 3.08. The van der Waals surface area contributed by atoms with Crippen LogP contribution < -0.4 is 21.7 Å². The van der Waals surface area contributed by atoms with Gasteiger partial charge in [-0.1, -0.05) is 24.1 Å². The molecule has 1 saturated heterocycles. The van der Waals surface area contributed by atoms with Crippen LogP contribution in [0.4, 0.5) is 5.95 Å². The Morgan fingerprint density at radius 3 is 2.62 bits per heavy atom. The number of nitrogens with two attached hydrogens (primary N) is 2. The van der Waals surface area contributed by atoms with Crippen LogP contribution in [0.2, 0.25) is 0 Å². The van der Waals surface area contributed by atoms with Gasteiger partial charge in [-0.15, -0.1) is 6.42 Å². The van der Waals surface area contributed by atoms with Gasteiger partial charge in [0, 0.05) is 0 Å². The topological polar surface area (TPSA) is 200 Å². The third-order valence-corrected chi connectivity index (χ3v) is 6.60. The van der Waals surface area contributed by atoms with Crippen LogP contribution in [0, 0.1) is 12.3 Å². The van der Waals surface area contributed by atoms with Crippen molar-refractivity contribution in [2.45, 2.75) is 57.0 Å². The second-order valence-corrected chi connectivity index (χ2v) is 9.88. The van der Waals surface area contributed by atoms with Crippen LogP contribution in [-0.4, -0.2) is 62.2 Å². The van der Waals surface area contributed by atoms with Crippen LogP contribution in [0.3, 0.4) is 0 Å². The first-order valence-electron chi connectivity index (χ1n) is 11.1. The van der Waals surface area contributed by atoms with E-state index in [0.29, 0.717) is 0 Å². The molecule has 0 amide bonds. The number of phosphoric acid groups is 1. The smallest absolute Gasteiger partial charge is 0.461 e. The van der Waals surface area contributed by atoms with Crippen LogP contribution in [0.5, 0.6) is 5.75 Å². The summed E-state index contributed by atoms with van der Waals surface area (Å²) in [6.07, 6.45) is 0.427. The van der Waals surface area contributed by atoms with Gasteiger partial charge < -0.3 is 30.6 Å². The Bertz CT molecular complexity index is 1250. The first-order valence-corrected chi connectivity index (χ1v) is 12.5. The minimum Gasteiger partial charge on any atom is -0.461 e. The van der Waals surface area contributed by atoms with Crippen LogP contribution in [0.25, 0.3) is 0 Å². The number of terminal acetylenes is 1. The molecule has 200 valence electrons. The van der Waals surface area contributed by atoms with Crippen molar-refractivity contribution in [3.8, 4) is 18.1 Å². The Labute approximate surface area is 212 Å². The molecule has 1 fully saturated rings. The standard InChI is InChI=1S/C22H28N5O9P/c1-5-22(24)17(28)16(34-19(22)27-12-25-20(23)26-21(27)30)11-32-37(31,36-15-9-7-6-8-10-15)35-14(4)18(29)33-13(2)3/h1,6-10,12-14,16-17,19,28H,11,24H2,2-4H3,(H2,23,26,30)/t14-,16+,17?,19+,22+,37-/m0/s1. The molecular weight excluding hydrogens is 509 g/mol. The maximum absolute atomic E-state index is 13.5. The highest BCUT2D eigenvalue weighted by Crippen LogP contribution is 2.51. The summed E-state index contributed by atoms with van der Waals surface area (Å²) in [6, 6.07) is 7.92. The SMILES string of the molecule is C#C[C@@]1(N)C(O)[C@@H](CO[P@](=O)(Oc2ccccc2)O[C@@H](C)C(=O)OC(C)C)O[C@H]1n1cnc(N)nc1=O. The van der Waals surface area contributed by atoms with Gasteiger partial charge in [0.1, 0.15) is 24.3 Å². The maximum Gasteiger partial charge on any atom is 0.530 e. The van der Waals surface area contributed by atoms with E-state index in [-0.39, 0.29) is 11.7 Å². The molecule has 1 aliphatic heterocycles. The molecule has 0 aliphatic carbocycles. The number of phosphoric ester groups is 1. The zero-order chi connectivity index (χ0) is 27.4. The van der Waals surface area contributed by atoms with E-state index in [1.165, 1.54) is 19.1 Å². The van der Waals surface area contributed by atoms with Gasteiger partial charge in [-0.05, 0) is 32.9 Å². The summed E-state index contributed by atoms with van der Waals surface area (Å²) < 4.78 is 41.4. The molecule has 1 unspecified atom stereocenters. The van der Waals surface area contributed by atoms with Gasteiger partial charge in [0.25, 0.3) is 0 Å². The number of aliphatic hydroxyl groups is 1. The van der Waals surface area contributed by atoms with Crippen molar-refractivity contribution < 1.29 is 37.5 Å². The lowest BCUT2D eigenvalue weighted by atomic mass is 9.92. The highest BCUT2D eigenvalue weighted by molar-refractivity contribution is 7.49. The summed E-state index contributed by atoms with van der Waals surface area (Å²) in [4.78, 5) is 31.8. The molecule has 14 nitrogen and oxygen atoms in total. The molecule has 1 aromatic heterocycles. The average molecular weight is 537 g/mol. The van der Waals surface area contributed by atoms with Crippen molar-refractivity contribution in [3.05, 3.63) is 47.1 Å². The summed E-state index contributed by atoms with van der Waals surface area (Å²) in [6.45, 7) is 3.96. The van der Waals surface area contributed by atoms with Crippen molar-refractivity contribution in [1.29, 1.82) is 0 Å². The predicted molar refractivity (Wildman–Crippen MR) is 129 cm³/mol. The number of anilines is 1. The van der Waals surface area contributed by atoms with E-state index >= 15 is 0 Å². The number of hydrogen-bond acceptors (Lipinski definition) is 13. The fourth-order valence-electron chi connectivity index (χ4n) is 3.32. The molecule has 0 saturated carbocycles. The van der Waals surface area contributed by atoms with Crippen molar-refractivity contribution in [3.63, 3.8) is 0 Å². The van der Waals surface area contributed by atoms with Crippen LogP contribution in [0.1, 0.15) is 27.0 Å². The van der Waals surface area contributed by atoms with E-state index in [9.17, 15) is 19.3 Å². The molecule has 2 aromatic rings. The van der Waals surface area contributed by atoms with Gasteiger partial charge in [0.15, 0.2) is 17.9 Å². The van der Waals surface area contributed by atoms with Gasteiger partial charge >= 0.3 is 19.5 Å². The molecule has 15 heteroatoms. The number of aromatic nitrogens is 3. The lowest BCUT2D eigenvalue weighted by Gasteiger charge is -2.27. The molecule has 0 bridgehead atoms. The molecule has 0 spiro atoms. The zero-order valence-corrected chi connectivity index (χ0v) is 21.2. The minimum absolute atomic E-state index is 0.114. The molecule has 5 N–H and O–H groups in total. The number of rotatable bonds is 10. The van der Waals surface area contributed by atoms with E-state index in [1.54, 1.807) is 32.0 Å². The number of nitrogens with zero attached hydrogens (tertiary/aromatic N) is 3. The fraction of sp³-hybridized carbons (Fsp3) is 0.455. The van der Waals surface area contributed by atoms with Gasteiger partial charge in [-0.2, -0.15) is 4.98 Å². The molecule has 37 heavy (non-hydrogen) atoms. The molecule has 2 heterocycles. The van der Waals surface area contributed by atoms with Crippen molar-refractivity contribution >= 4 is 19.7 Å². The number of nitrogen functional groups attached to an aromatic ring is 1. The molecule has 3 rings (SSSR count). The number of benzene rings is 1. The number of hydrogen-bond donors (Lipinski definition) is 3. The summed E-state index contributed by atoms with van der Waals surface area (Å²) in [7, 11) is -4.53. The van der Waals surface area contributed by atoms with Gasteiger partial charge in [-0.3, -0.25) is 13.6 Å². The Balaban J connectivity index is 1.83. The summed E-state index contributed by atoms with van der Waals surface area (Å²) in [5.41, 5.74) is 8.80. The number of carbonyl (C=O) groups is 1. The van der Waals surface area contributed by atoms with Crippen LogP contribution in [0.15, 0.2) is 41.5 Å². The Kier molecular flexibility index (Phi) is 8.70. The van der Waals surface area contributed by atoms with Crippen LogP contribution in [-0.2, 0) is 27.9 Å². The lowest BCUT2D eigenvalue weighted by molar-refractivity contribution is -0.156. The first kappa shape index (κ1) is 28.3. The Hall–Kier alpha value is -3.31. The van der Waals surface area contributed by atoms with E-state index in [4.69, 9.17) is 40.9 Å². The lowest BCUT2D eigenvalue weighted by Crippen LogP contribution is -2.55. The highest BCUT2D eigenvalue weighted by Gasteiger charge is 2.55. The van der Waals surface area contributed by atoms with Gasteiger partial charge in [0.2, 0.25) is 5.95 Å². The Morgan fingerprint density at radius 1 is 1.35 bits per heavy atom. The van der Waals surface area contributed by atoms with Crippen molar-refractivity contribution in [1.82, 2.24) is 14.5 Å². The fourth-order valence-corrected chi connectivity index (χ4v) is 4.66. The van der Waals surface area contributed by atoms with E-state index < -0.39 is 62.3 Å². The number of ether oxygens (including phenoxy) is 2. The number of aliphatic hydroxyl groups excluding tert-OH is 1. The molecule has 1 aliphatic rings. The van der Waals surface area contributed by atoms with Gasteiger partial charge in [0.05, 0.1) is 12.7 Å². The molecule has 6 atom stereocenters. The minimum atomic E-state index is -4.53. The van der Waals surface area contributed by atoms with E-state index in [1.807, 2.05) is 0 Å². The molecular formula is C22H28N5O9P. The third-order valence-electron chi connectivity index (χ3n) is 5.13. The third kappa shape index (κ3) is 6.53. The second kappa shape index (κ2) is 11.4. The quantitative estimate of drug-likeness (QED) is 0.213. The highest BCUT2D eigenvalue weighted by atomic mass is 31.2. The van der Waals surface area contributed by atoms with Crippen molar-refractivity contribution in [2.24, 2.45) is 5.73 Å². The number of para-hydroxylation sites is 1. The molecule has 0 radical (unpaired) electrons. The van der Waals surface area contributed by atoms with Crippen molar-refractivity contribution in [2.75, 3.05) is 12.3 Å². The molecule has 1 aromatic carbocycles. The largest absolute Gasteiger partial charge is 0.530 e. The van der Waals surface area contributed by atoms with E-state index in [0.717, 1.165) is 10.9 Å². The van der Waals surface area contributed by atoms with Gasteiger partial charge in [-0.25, -0.2) is 19.1 Å². The number of esters is 1.